The summed E-state index contributed by atoms with van der Waals surface area (Å²) in [4.78, 5) is 28.8. The van der Waals surface area contributed by atoms with Crippen molar-refractivity contribution in [1.29, 1.82) is 0 Å². The van der Waals surface area contributed by atoms with Crippen molar-refractivity contribution in [2.75, 3.05) is 13.7 Å². The number of Topliss-reactive ketones (excluding diaryl/α,β-unsaturated/α-hetero) is 1. The van der Waals surface area contributed by atoms with Crippen molar-refractivity contribution < 1.29 is 14.3 Å². The smallest absolute Gasteiger partial charge is 0.279 e. The third-order valence-corrected chi connectivity index (χ3v) is 5.18. The van der Waals surface area contributed by atoms with E-state index in [0.29, 0.717) is 34.1 Å². The molecule has 0 saturated heterocycles. The molecule has 0 N–H and O–H groups in total. The van der Waals surface area contributed by atoms with E-state index in [2.05, 4.69) is 4.99 Å². The molecule has 1 amide bonds. The molecule has 134 valence electrons. The topological polar surface area (TPSA) is 60.7 Å². The van der Waals surface area contributed by atoms with E-state index in [1.165, 1.54) is 18.3 Å². The van der Waals surface area contributed by atoms with Gasteiger partial charge in [0.15, 0.2) is 10.6 Å². The van der Waals surface area contributed by atoms with Gasteiger partial charge in [-0.1, -0.05) is 35.1 Å². The minimum absolute atomic E-state index is 0.0419. The maximum atomic E-state index is 12.5. The first-order valence-electron chi connectivity index (χ1n) is 7.97. The molecule has 3 rings (SSSR count). The van der Waals surface area contributed by atoms with Gasteiger partial charge in [-0.25, -0.2) is 0 Å². The molecular weight excluding hydrogens is 372 g/mol. The lowest BCUT2D eigenvalue weighted by atomic mass is 10.1. The maximum Gasteiger partial charge on any atom is 0.279 e. The SMILES string of the molecule is COCCn1c(=NC(=O)c2ccc(C(C)=O)cc2)sc2cc(Cl)ccc21. The first kappa shape index (κ1) is 18.5. The molecule has 5 nitrogen and oxygen atoms in total. The third kappa shape index (κ3) is 3.93. The van der Waals surface area contributed by atoms with Gasteiger partial charge >= 0.3 is 0 Å². The summed E-state index contributed by atoms with van der Waals surface area (Å²) < 4.78 is 8.06. The van der Waals surface area contributed by atoms with Crippen molar-refractivity contribution in [2.24, 2.45) is 4.99 Å². The Labute approximate surface area is 159 Å². The number of fused-ring (bicyclic) bond motifs is 1. The van der Waals surface area contributed by atoms with Crippen LogP contribution in [0.4, 0.5) is 0 Å². The summed E-state index contributed by atoms with van der Waals surface area (Å²) in [6.45, 7) is 2.57. The number of methoxy groups -OCH3 is 1. The Morgan fingerprint density at radius 1 is 1.15 bits per heavy atom. The lowest BCUT2D eigenvalue weighted by Crippen LogP contribution is -2.19. The monoisotopic (exact) mass is 388 g/mol. The fourth-order valence-corrected chi connectivity index (χ4v) is 3.86. The molecule has 26 heavy (non-hydrogen) atoms. The molecule has 0 aliphatic carbocycles. The minimum atomic E-state index is -0.357. The highest BCUT2D eigenvalue weighted by molar-refractivity contribution is 7.16. The number of rotatable bonds is 5. The summed E-state index contributed by atoms with van der Waals surface area (Å²) in [7, 11) is 1.63. The van der Waals surface area contributed by atoms with Crippen LogP contribution in [0.2, 0.25) is 5.02 Å². The number of benzene rings is 2. The molecule has 0 aliphatic rings. The minimum Gasteiger partial charge on any atom is -0.383 e. The van der Waals surface area contributed by atoms with Crippen LogP contribution in [0.1, 0.15) is 27.6 Å². The van der Waals surface area contributed by atoms with Crippen molar-refractivity contribution in [3.8, 4) is 0 Å². The van der Waals surface area contributed by atoms with Gasteiger partial charge in [0.2, 0.25) is 0 Å². The summed E-state index contributed by atoms with van der Waals surface area (Å²) in [6, 6.07) is 12.1. The molecule has 1 heterocycles. The van der Waals surface area contributed by atoms with Crippen molar-refractivity contribution in [2.45, 2.75) is 13.5 Å². The number of aromatic nitrogens is 1. The number of thiazole rings is 1. The second-order valence-corrected chi connectivity index (χ2v) is 7.14. The molecule has 0 bridgehead atoms. The lowest BCUT2D eigenvalue weighted by molar-refractivity contribution is 0.0991. The van der Waals surface area contributed by atoms with Gasteiger partial charge in [-0.2, -0.15) is 4.99 Å². The first-order chi connectivity index (χ1) is 12.5. The Kier molecular flexibility index (Phi) is 5.66. The van der Waals surface area contributed by atoms with Crippen LogP contribution in [-0.4, -0.2) is 30.0 Å². The molecule has 0 unspecified atom stereocenters. The molecule has 7 heteroatoms. The van der Waals surface area contributed by atoms with Gasteiger partial charge in [-0.05, 0) is 37.3 Å². The molecule has 0 spiro atoms. The number of ketones is 1. The Bertz CT molecular complexity index is 1040. The highest BCUT2D eigenvalue weighted by Crippen LogP contribution is 2.22. The van der Waals surface area contributed by atoms with E-state index in [0.717, 1.165) is 10.2 Å². The van der Waals surface area contributed by atoms with Gasteiger partial charge < -0.3 is 9.30 Å². The van der Waals surface area contributed by atoms with Gasteiger partial charge in [0, 0.05) is 29.8 Å². The standard InChI is InChI=1S/C19H17ClN2O3S/c1-12(23)13-3-5-14(6-4-13)18(24)21-19-22(9-10-25-2)16-8-7-15(20)11-17(16)26-19/h3-8,11H,9-10H2,1-2H3. The Hall–Kier alpha value is -2.28. The second-order valence-electron chi connectivity index (χ2n) is 5.69. The summed E-state index contributed by atoms with van der Waals surface area (Å²) in [5, 5.41) is 0.635. The second kappa shape index (κ2) is 7.95. The van der Waals surface area contributed by atoms with Crippen molar-refractivity contribution in [3.05, 3.63) is 63.4 Å². The molecule has 0 aliphatic heterocycles. The largest absolute Gasteiger partial charge is 0.383 e. The fourth-order valence-electron chi connectivity index (χ4n) is 2.53. The van der Waals surface area contributed by atoms with Crippen LogP contribution < -0.4 is 4.80 Å². The van der Waals surface area contributed by atoms with Crippen LogP contribution in [0.15, 0.2) is 47.5 Å². The molecule has 0 fully saturated rings. The van der Waals surface area contributed by atoms with Crippen LogP contribution in [0.3, 0.4) is 0 Å². The number of amides is 1. The quantitative estimate of drug-likeness (QED) is 0.622. The zero-order valence-electron chi connectivity index (χ0n) is 14.4. The summed E-state index contributed by atoms with van der Waals surface area (Å²) in [5.74, 6) is -0.399. The van der Waals surface area contributed by atoms with E-state index in [1.54, 1.807) is 31.4 Å². The predicted molar refractivity (Wildman–Crippen MR) is 103 cm³/mol. The molecule has 2 aromatic carbocycles. The number of carbonyl (C=O) groups excluding carboxylic acids is 2. The van der Waals surface area contributed by atoms with Crippen molar-refractivity contribution in [3.63, 3.8) is 0 Å². The number of nitrogens with zero attached hydrogens (tertiary/aromatic N) is 2. The van der Waals surface area contributed by atoms with E-state index >= 15 is 0 Å². The van der Waals surface area contributed by atoms with E-state index < -0.39 is 0 Å². The Morgan fingerprint density at radius 3 is 2.50 bits per heavy atom. The van der Waals surface area contributed by atoms with E-state index in [-0.39, 0.29) is 11.7 Å². The lowest BCUT2D eigenvalue weighted by Gasteiger charge is -2.04. The zero-order valence-corrected chi connectivity index (χ0v) is 15.9. The van der Waals surface area contributed by atoms with E-state index in [9.17, 15) is 9.59 Å². The highest BCUT2D eigenvalue weighted by atomic mass is 35.5. The van der Waals surface area contributed by atoms with Gasteiger partial charge in [-0.3, -0.25) is 9.59 Å². The number of hydrogen-bond acceptors (Lipinski definition) is 4. The molecule has 1 aromatic heterocycles. The van der Waals surface area contributed by atoms with Crippen LogP contribution >= 0.6 is 22.9 Å². The highest BCUT2D eigenvalue weighted by Gasteiger charge is 2.10. The van der Waals surface area contributed by atoms with Crippen LogP contribution in [0.25, 0.3) is 10.2 Å². The molecule has 3 aromatic rings. The number of halogens is 1. The van der Waals surface area contributed by atoms with Gasteiger partial charge in [0.1, 0.15) is 0 Å². The molecule has 0 saturated carbocycles. The number of hydrogen-bond donors (Lipinski definition) is 0. The number of ether oxygens (including phenoxy) is 1. The average Bonchev–Trinajstić information content (AvgIpc) is 2.95. The zero-order chi connectivity index (χ0) is 18.7. The maximum absolute atomic E-state index is 12.5. The van der Waals surface area contributed by atoms with Crippen LogP contribution in [0.5, 0.6) is 0 Å². The summed E-state index contributed by atoms with van der Waals surface area (Å²) in [5.41, 5.74) is 1.95. The summed E-state index contributed by atoms with van der Waals surface area (Å²) in [6.07, 6.45) is 0. The summed E-state index contributed by atoms with van der Waals surface area (Å²) >= 11 is 7.48. The van der Waals surface area contributed by atoms with Crippen LogP contribution in [0, 0.1) is 0 Å². The first-order valence-corrected chi connectivity index (χ1v) is 9.17. The van der Waals surface area contributed by atoms with E-state index in [4.69, 9.17) is 16.3 Å². The number of carbonyl (C=O) groups is 2. The fraction of sp³-hybridized carbons (Fsp3) is 0.211. The van der Waals surface area contributed by atoms with Gasteiger partial charge in [0.25, 0.3) is 5.91 Å². The van der Waals surface area contributed by atoms with Crippen LogP contribution in [-0.2, 0) is 11.3 Å². The third-order valence-electron chi connectivity index (χ3n) is 3.90. The predicted octanol–water partition coefficient (Wildman–Crippen LogP) is 3.95. The van der Waals surface area contributed by atoms with E-state index in [1.807, 2.05) is 22.8 Å². The van der Waals surface area contributed by atoms with Gasteiger partial charge in [-0.15, -0.1) is 0 Å². The Morgan fingerprint density at radius 2 is 1.85 bits per heavy atom. The van der Waals surface area contributed by atoms with Gasteiger partial charge in [0.05, 0.1) is 16.8 Å². The normalized spacial score (nSPS) is 11.9. The average molecular weight is 389 g/mol. The molecule has 0 radical (unpaired) electrons. The van der Waals surface area contributed by atoms with Crippen molar-refractivity contribution >= 4 is 44.8 Å². The Balaban J connectivity index is 2.04. The van der Waals surface area contributed by atoms with Crippen molar-refractivity contribution in [1.82, 2.24) is 4.57 Å². The molecular formula is C19H17ClN2O3S. The molecule has 0 atom stereocenters.